The summed E-state index contributed by atoms with van der Waals surface area (Å²) >= 11 is 0. The van der Waals surface area contributed by atoms with Crippen LogP contribution < -0.4 is 18.9 Å². The molecule has 0 saturated heterocycles. The Morgan fingerprint density at radius 3 is 2.50 bits per heavy atom. The quantitative estimate of drug-likeness (QED) is 0.402. The van der Waals surface area contributed by atoms with Crippen molar-refractivity contribution in [3.05, 3.63) is 53.3 Å². The van der Waals surface area contributed by atoms with Crippen LogP contribution in [0.5, 0.6) is 23.0 Å². The zero-order valence-corrected chi connectivity index (χ0v) is 17.1. The number of fused-ring (bicyclic) bond motifs is 1. The first-order chi connectivity index (χ1) is 14.6. The molecular formula is C24H24O6. The van der Waals surface area contributed by atoms with Crippen LogP contribution in [-0.2, 0) is 4.79 Å². The van der Waals surface area contributed by atoms with Crippen molar-refractivity contribution < 1.29 is 28.5 Å². The molecule has 1 heterocycles. The fourth-order valence-corrected chi connectivity index (χ4v) is 3.85. The molecule has 2 aliphatic rings. The van der Waals surface area contributed by atoms with Gasteiger partial charge in [0.15, 0.2) is 5.76 Å². The van der Waals surface area contributed by atoms with Crippen molar-refractivity contribution in [3.8, 4) is 23.0 Å². The lowest BCUT2D eigenvalue weighted by Crippen LogP contribution is -2.22. The molecule has 0 N–H and O–H groups in total. The van der Waals surface area contributed by atoms with Gasteiger partial charge in [-0.15, -0.1) is 0 Å². The zero-order valence-electron chi connectivity index (χ0n) is 17.1. The van der Waals surface area contributed by atoms with Crippen molar-refractivity contribution in [2.75, 3.05) is 14.2 Å². The van der Waals surface area contributed by atoms with E-state index in [1.54, 1.807) is 56.7 Å². The molecule has 2 aromatic carbocycles. The zero-order chi connectivity index (χ0) is 21.1. The monoisotopic (exact) mass is 408 g/mol. The Hall–Kier alpha value is -3.28. The molecule has 1 aliphatic carbocycles. The second-order valence-electron chi connectivity index (χ2n) is 7.46. The van der Waals surface area contributed by atoms with Gasteiger partial charge in [-0.2, -0.15) is 0 Å². The van der Waals surface area contributed by atoms with Crippen LogP contribution in [0.1, 0.15) is 48.0 Å². The molecule has 1 fully saturated rings. The van der Waals surface area contributed by atoms with E-state index in [4.69, 9.17) is 18.9 Å². The highest BCUT2D eigenvalue weighted by Crippen LogP contribution is 2.37. The van der Waals surface area contributed by atoms with Crippen molar-refractivity contribution in [2.24, 2.45) is 5.92 Å². The molecule has 156 valence electrons. The van der Waals surface area contributed by atoms with Crippen LogP contribution in [0.4, 0.5) is 0 Å². The lowest BCUT2D eigenvalue weighted by Gasteiger charge is -2.19. The van der Waals surface area contributed by atoms with Crippen molar-refractivity contribution in [1.29, 1.82) is 0 Å². The second-order valence-corrected chi connectivity index (χ2v) is 7.46. The summed E-state index contributed by atoms with van der Waals surface area (Å²) in [5.74, 6) is 1.69. The molecule has 0 amide bonds. The Balaban J connectivity index is 1.53. The summed E-state index contributed by atoms with van der Waals surface area (Å²) in [6.45, 7) is 0. The van der Waals surface area contributed by atoms with Gasteiger partial charge in [0.05, 0.1) is 25.7 Å². The Morgan fingerprint density at radius 1 is 1.00 bits per heavy atom. The molecule has 2 aromatic rings. The Morgan fingerprint density at radius 2 is 1.77 bits per heavy atom. The summed E-state index contributed by atoms with van der Waals surface area (Å²) in [5, 5.41) is 0. The second kappa shape index (κ2) is 8.61. The predicted molar refractivity (Wildman–Crippen MR) is 111 cm³/mol. The first kappa shape index (κ1) is 20.0. The normalized spacial score (nSPS) is 17.4. The van der Waals surface area contributed by atoms with Crippen molar-refractivity contribution in [2.45, 2.75) is 32.1 Å². The van der Waals surface area contributed by atoms with E-state index in [0.717, 1.165) is 25.7 Å². The summed E-state index contributed by atoms with van der Waals surface area (Å²) < 4.78 is 21.9. The lowest BCUT2D eigenvalue weighted by molar-refractivity contribution is -0.139. The molecule has 1 saturated carbocycles. The minimum absolute atomic E-state index is 0.0486. The van der Waals surface area contributed by atoms with E-state index in [1.807, 2.05) is 0 Å². The first-order valence-corrected chi connectivity index (χ1v) is 10.1. The summed E-state index contributed by atoms with van der Waals surface area (Å²) in [7, 11) is 3.13. The van der Waals surface area contributed by atoms with Gasteiger partial charge in [-0.3, -0.25) is 9.59 Å². The molecule has 0 radical (unpaired) electrons. The van der Waals surface area contributed by atoms with Crippen LogP contribution >= 0.6 is 0 Å². The van der Waals surface area contributed by atoms with E-state index in [9.17, 15) is 9.59 Å². The van der Waals surface area contributed by atoms with Gasteiger partial charge in [-0.1, -0.05) is 19.3 Å². The standard InChI is InChI=1S/C24H24O6/c1-27-17-9-8-16(20(13-17)28-2)12-22-23(25)19-11-10-18(14-21(19)30-22)29-24(26)15-6-4-3-5-7-15/h8-15H,3-7H2,1-2H3. The number of ketones is 1. The van der Waals surface area contributed by atoms with E-state index in [1.165, 1.54) is 6.42 Å². The molecule has 6 heteroatoms. The number of carbonyl (C=O) groups excluding carboxylic acids is 2. The van der Waals surface area contributed by atoms with Crippen molar-refractivity contribution >= 4 is 17.8 Å². The number of esters is 1. The lowest BCUT2D eigenvalue weighted by atomic mass is 9.89. The Kier molecular flexibility index (Phi) is 5.74. The molecule has 30 heavy (non-hydrogen) atoms. The third-order valence-electron chi connectivity index (χ3n) is 5.53. The molecule has 0 spiro atoms. The fraction of sp³-hybridized carbons (Fsp3) is 0.333. The minimum Gasteiger partial charge on any atom is -0.497 e. The summed E-state index contributed by atoms with van der Waals surface area (Å²) in [6, 6.07) is 10.2. The average molecular weight is 408 g/mol. The largest absolute Gasteiger partial charge is 0.497 e. The van der Waals surface area contributed by atoms with E-state index in [-0.39, 0.29) is 23.4 Å². The maximum absolute atomic E-state index is 12.7. The van der Waals surface area contributed by atoms with Crippen LogP contribution in [0.15, 0.2) is 42.2 Å². The number of benzene rings is 2. The van der Waals surface area contributed by atoms with Crippen LogP contribution in [0.25, 0.3) is 6.08 Å². The maximum Gasteiger partial charge on any atom is 0.314 e. The highest BCUT2D eigenvalue weighted by Gasteiger charge is 2.29. The number of allylic oxidation sites excluding steroid dienone is 1. The van der Waals surface area contributed by atoms with Gasteiger partial charge in [0, 0.05) is 17.7 Å². The first-order valence-electron chi connectivity index (χ1n) is 10.1. The molecule has 6 nitrogen and oxygen atoms in total. The third kappa shape index (κ3) is 4.03. The van der Waals surface area contributed by atoms with Gasteiger partial charge in [0.1, 0.15) is 23.0 Å². The number of methoxy groups -OCH3 is 2. The summed E-state index contributed by atoms with van der Waals surface area (Å²) in [6.07, 6.45) is 6.67. The SMILES string of the molecule is COc1ccc(C=C2Oc3cc(OC(=O)C4CCCCC4)ccc3C2=O)c(OC)c1. The molecule has 0 bridgehead atoms. The van der Waals surface area contributed by atoms with E-state index in [2.05, 4.69) is 0 Å². The molecular weight excluding hydrogens is 384 g/mol. The van der Waals surface area contributed by atoms with Gasteiger partial charge in [0.25, 0.3) is 0 Å². The summed E-state index contributed by atoms with van der Waals surface area (Å²) in [4.78, 5) is 25.1. The van der Waals surface area contributed by atoms with E-state index < -0.39 is 0 Å². The van der Waals surface area contributed by atoms with Gasteiger partial charge in [-0.05, 0) is 43.2 Å². The van der Waals surface area contributed by atoms with E-state index in [0.29, 0.717) is 34.1 Å². The minimum atomic E-state index is -0.229. The Bertz CT molecular complexity index is 1000. The van der Waals surface area contributed by atoms with Gasteiger partial charge in [-0.25, -0.2) is 0 Å². The highest BCUT2D eigenvalue weighted by molar-refractivity contribution is 6.14. The van der Waals surface area contributed by atoms with Gasteiger partial charge in [0.2, 0.25) is 5.78 Å². The van der Waals surface area contributed by atoms with Gasteiger partial charge >= 0.3 is 5.97 Å². The number of hydrogen-bond acceptors (Lipinski definition) is 6. The van der Waals surface area contributed by atoms with Crippen molar-refractivity contribution in [1.82, 2.24) is 0 Å². The highest BCUT2D eigenvalue weighted by atomic mass is 16.5. The smallest absolute Gasteiger partial charge is 0.314 e. The average Bonchev–Trinajstić information content (AvgIpc) is 3.09. The van der Waals surface area contributed by atoms with Crippen LogP contribution in [-0.4, -0.2) is 26.0 Å². The molecule has 0 unspecified atom stereocenters. The van der Waals surface area contributed by atoms with E-state index >= 15 is 0 Å². The van der Waals surface area contributed by atoms with Crippen LogP contribution in [0, 0.1) is 5.92 Å². The van der Waals surface area contributed by atoms with Gasteiger partial charge < -0.3 is 18.9 Å². The number of ether oxygens (including phenoxy) is 4. The van der Waals surface area contributed by atoms with Crippen LogP contribution in [0.2, 0.25) is 0 Å². The predicted octanol–water partition coefficient (Wildman–Crippen LogP) is 4.81. The number of hydrogen-bond donors (Lipinski definition) is 0. The molecule has 0 aromatic heterocycles. The number of carbonyl (C=O) groups is 2. The fourth-order valence-electron chi connectivity index (χ4n) is 3.85. The van der Waals surface area contributed by atoms with Crippen molar-refractivity contribution in [3.63, 3.8) is 0 Å². The molecule has 4 rings (SSSR count). The van der Waals surface area contributed by atoms with Crippen LogP contribution in [0.3, 0.4) is 0 Å². The third-order valence-corrected chi connectivity index (χ3v) is 5.53. The maximum atomic E-state index is 12.7. The topological polar surface area (TPSA) is 71.1 Å². The summed E-state index contributed by atoms with van der Waals surface area (Å²) in [5.41, 5.74) is 1.13. The molecule has 1 aliphatic heterocycles. The Labute approximate surface area is 175 Å². The molecule has 0 atom stereocenters. The number of Topliss-reactive ketones (excluding diaryl/α,β-unsaturated/α-hetero) is 1. The number of rotatable bonds is 5.